The van der Waals surface area contributed by atoms with Crippen molar-refractivity contribution < 1.29 is 33.9 Å². The minimum atomic E-state index is -1.11. The lowest BCUT2D eigenvalue weighted by atomic mass is 9.90. The molecular formula is C20H30N2O7. The predicted molar refractivity (Wildman–Crippen MR) is 105 cm³/mol. The van der Waals surface area contributed by atoms with Crippen LogP contribution in [0.5, 0.6) is 0 Å². The van der Waals surface area contributed by atoms with Crippen LogP contribution in [0.4, 0.5) is 0 Å². The molecule has 2 N–H and O–H groups in total. The minimum absolute atomic E-state index is 0. The van der Waals surface area contributed by atoms with Crippen LogP contribution in [0.1, 0.15) is 53.9 Å². The van der Waals surface area contributed by atoms with Crippen molar-refractivity contribution in [3.05, 3.63) is 12.2 Å². The molecule has 1 rings (SSSR count). The van der Waals surface area contributed by atoms with E-state index in [1.807, 2.05) is 0 Å². The second-order valence-electron chi connectivity index (χ2n) is 7.09. The molecule has 0 fully saturated rings. The molecule has 1 heterocycles. The van der Waals surface area contributed by atoms with Gasteiger partial charge in [-0.15, -0.1) is 0 Å². The molecule has 0 saturated heterocycles. The zero-order valence-corrected chi connectivity index (χ0v) is 16.3. The molecule has 0 spiro atoms. The van der Waals surface area contributed by atoms with E-state index in [2.05, 4.69) is 5.32 Å². The third kappa shape index (κ3) is 8.37. The predicted octanol–water partition coefficient (Wildman–Crippen LogP) is 1.11. The highest BCUT2D eigenvalue weighted by molar-refractivity contribution is 6.13. The SMILES string of the molecule is C.CC(C)C(=O)[C@H](C)CC(=O)[C@H](CCC(=O)O)NC(=O)CCN1C(=O)C=CC1=O. The molecule has 29 heavy (non-hydrogen) atoms. The van der Waals surface area contributed by atoms with E-state index in [4.69, 9.17) is 5.11 Å². The quantitative estimate of drug-likeness (QED) is 0.460. The van der Waals surface area contributed by atoms with Crippen LogP contribution in [0.15, 0.2) is 12.2 Å². The van der Waals surface area contributed by atoms with Crippen LogP contribution in [0, 0.1) is 11.8 Å². The van der Waals surface area contributed by atoms with E-state index in [0.717, 1.165) is 17.1 Å². The zero-order valence-electron chi connectivity index (χ0n) is 16.3. The third-order valence-electron chi connectivity index (χ3n) is 4.40. The van der Waals surface area contributed by atoms with Crippen molar-refractivity contribution in [3.8, 4) is 0 Å². The van der Waals surface area contributed by atoms with Gasteiger partial charge in [-0.1, -0.05) is 28.2 Å². The van der Waals surface area contributed by atoms with Gasteiger partial charge in [-0.3, -0.25) is 33.7 Å². The number of rotatable bonds is 12. The van der Waals surface area contributed by atoms with Crippen LogP contribution in [-0.2, 0) is 28.8 Å². The molecule has 1 aliphatic rings. The Bertz CT molecular complexity index is 679. The fourth-order valence-corrected chi connectivity index (χ4v) is 2.83. The molecular weight excluding hydrogens is 380 g/mol. The maximum atomic E-state index is 12.5. The van der Waals surface area contributed by atoms with Crippen LogP contribution in [-0.4, -0.2) is 57.9 Å². The van der Waals surface area contributed by atoms with E-state index in [1.165, 1.54) is 0 Å². The molecule has 0 saturated carbocycles. The Morgan fingerprint density at radius 2 is 1.59 bits per heavy atom. The summed E-state index contributed by atoms with van der Waals surface area (Å²) in [7, 11) is 0. The van der Waals surface area contributed by atoms with Crippen LogP contribution < -0.4 is 5.32 Å². The van der Waals surface area contributed by atoms with Crippen molar-refractivity contribution >= 4 is 35.3 Å². The van der Waals surface area contributed by atoms with Crippen LogP contribution in [0.25, 0.3) is 0 Å². The molecule has 162 valence electrons. The van der Waals surface area contributed by atoms with Gasteiger partial charge in [0.1, 0.15) is 5.78 Å². The van der Waals surface area contributed by atoms with Gasteiger partial charge in [0.2, 0.25) is 5.91 Å². The fourth-order valence-electron chi connectivity index (χ4n) is 2.83. The molecule has 2 atom stereocenters. The number of aliphatic carboxylic acids is 1. The molecule has 0 radical (unpaired) electrons. The van der Waals surface area contributed by atoms with Crippen molar-refractivity contribution in [2.75, 3.05) is 6.54 Å². The van der Waals surface area contributed by atoms with Crippen LogP contribution in [0.2, 0.25) is 0 Å². The summed E-state index contributed by atoms with van der Waals surface area (Å²) >= 11 is 0. The van der Waals surface area contributed by atoms with Gasteiger partial charge in [0, 0.05) is 49.8 Å². The Morgan fingerprint density at radius 3 is 2.07 bits per heavy atom. The topological polar surface area (TPSA) is 138 Å². The van der Waals surface area contributed by atoms with E-state index in [-0.39, 0.29) is 51.4 Å². The van der Waals surface area contributed by atoms with Gasteiger partial charge in [-0.25, -0.2) is 0 Å². The average Bonchev–Trinajstić information content (AvgIpc) is 2.93. The number of nitrogens with one attached hydrogen (secondary N) is 1. The summed E-state index contributed by atoms with van der Waals surface area (Å²) in [5.41, 5.74) is 0. The first-order valence-corrected chi connectivity index (χ1v) is 9.14. The van der Waals surface area contributed by atoms with Crippen molar-refractivity contribution in [3.63, 3.8) is 0 Å². The molecule has 0 unspecified atom stereocenters. The first-order valence-electron chi connectivity index (χ1n) is 9.14. The lowest BCUT2D eigenvalue weighted by Gasteiger charge is -2.20. The van der Waals surface area contributed by atoms with Gasteiger partial charge in [0.05, 0.1) is 6.04 Å². The number of imide groups is 1. The van der Waals surface area contributed by atoms with Gasteiger partial charge < -0.3 is 10.4 Å². The Hall–Kier alpha value is -2.84. The second kappa shape index (κ2) is 11.9. The zero-order chi connectivity index (χ0) is 21.4. The number of carboxylic acids is 1. The highest BCUT2D eigenvalue weighted by Crippen LogP contribution is 2.14. The van der Waals surface area contributed by atoms with Crippen molar-refractivity contribution in [1.82, 2.24) is 10.2 Å². The number of amides is 3. The molecule has 9 heteroatoms. The van der Waals surface area contributed by atoms with Gasteiger partial charge in [-0.2, -0.15) is 0 Å². The summed E-state index contributed by atoms with van der Waals surface area (Å²) in [6, 6.07) is -1.05. The molecule has 0 aromatic carbocycles. The largest absolute Gasteiger partial charge is 0.481 e. The molecule has 0 bridgehead atoms. The van der Waals surface area contributed by atoms with Gasteiger partial charge >= 0.3 is 5.97 Å². The first kappa shape index (κ1) is 26.2. The van der Waals surface area contributed by atoms with E-state index in [0.29, 0.717) is 0 Å². The van der Waals surface area contributed by atoms with E-state index >= 15 is 0 Å². The third-order valence-corrected chi connectivity index (χ3v) is 4.40. The summed E-state index contributed by atoms with van der Waals surface area (Å²) in [5, 5.41) is 11.3. The van der Waals surface area contributed by atoms with Crippen LogP contribution >= 0.6 is 0 Å². The van der Waals surface area contributed by atoms with E-state index < -0.39 is 41.4 Å². The maximum absolute atomic E-state index is 12.5. The van der Waals surface area contributed by atoms with Gasteiger partial charge in [-0.05, 0) is 6.42 Å². The van der Waals surface area contributed by atoms with Crippen LogP contribution in [0.3, 0.4) is 0 Å². The first-order chi connectivity index (χ1) is 13.0. The van der Waals surface area contributed by atoms with Crippen molar-refractivity contribution in [2.24, 2.45) is 11.8 Å². The number of carbonyl (C=O) groups excluding carboxylic acids is 5. The molecule has 0 aromatic heterocycles. The van der Waals surface area contributed by atoms with Crippen molar-refractivity contribution in [2.45, 2.75) is 59.9 Å². The standard InChI is InChI=1S/C19H26N2O7.CH4/c1-11(2)19(28)12(3)10-14(22)13(4-7-18(26)27)20-15(23)8-9-21-16(24)5-6-17(21)25;/h5-6,11-13H,4,7-10H2,1-3H3,(H,20,23)(H,26,27);1H4/t12-,13+;/m1./s1. The summed E-state index contributed by atoms with van der Waals surface area (Å²) in [4.78, 5) is 71.3. The number of hydrogen-bond donors (Lipinski definition) is 2. The lowest BCUT2D eigenvalue weighted by Crippen LogP contribution is -2.43. The van der Waals surface area contributed by atoms with E-state index in [1.54, 1.807) is 20.8 Å². The second-order valence-corrected chi connectivity index (χ2v) is 7.09. The highest BCUT2D eigenvalue weighted by atomic mass is 16.4. The Morgan fingerprint density at radius 1 is 1.03 bits per heavy atom. The van der Waals surface area contributed by atoms with E-state index in [9.17, 15) is 28.8 Å². The number of carboxylic acid groups (broad SMARTS) is 1. The average molecular weight is 410 g/mol. The summed E-state index contributed by atoms with van der Waals surface area (Å²) in [6.45, 7) is 4.93. The summed E-state index contributed by atoms with van der Waals surface area (Å²) in [5.74, 6) is -4.02. The number of hydrogen-bond acceptors (Lipinski definition) is 6. The Labute approximate surface area is 170 Å². The Kier molecular flexibility index (Phi) is 10.7. The minimum Gasteiger partial charge on any atom is -0.481 e. The smallest absolute Gasteiger partial charge is 0.303 e. The highest BCUT2D eigenvalue weighted by Gasteiger charge is 2.28. The molecule has 0 aromatic rings. The number of carbonyl (C=O) groups is 6. The fraction of sp³-hybridized carbons (Fsp3) is 0.600. The summed E-state index contributed by atoms with van der Waals surface area (Å²) < 4.78 is 0. The molecule has 9 nitrogen and oxygen atoms in total. The molecule has 3 amide bonds. The number of ketones is 2. The number of Topliss-reactive ketones (excluding diaryl/α,β-unsaturated/α-hetero) is 2. The molecule has 0 aliphatic carbocycles. The monoisotopic (exact) mass is 410 g/mol. The van der Waals surface area contributed by atoms with Gasteiger partial charge in [0.15, 0.2) is 5.78 Å². The molecule has 1 aliphatic heterocycles. The Balaban J connectivity index is 0.00000784. The maximum Gasteiger partial charge on any atom is 0.303 e. The normalized spacial score (nSPS) is 15.1. The number of nitrogens with zero attached hydrogens (tertiary/aromatic N) is 1. The lowest BCUT2D eigenvalue weighted by molar-refractivity contribution is -0.139. The summed E-state index contributed by atoms with van der Waals surface area (Å²) in [6.07, 6.45) is 1.46. The van der Waals surface area contributed by atoms with Gasteiger partial charge in [0.25, 0.3) is 11.8 Å². The van der Waals surface area contributed by atoms with Crippen molar-refractivity contribution in [1.29, 1.82) is 0 Å².